The summed E-state index contributed by atoms with van der Waals surface area (Å²) in [5, 5.41) is 0. The summed E-state index contributed by atoms with van der Waals surface area (Å²) >= 11 is 0. The third-order valence-electron chi connectivity index (χ3n) is 15.8. The van der Waals surface area contributed by atoms with Gasteiger partial charge in [-0.15, -0.1) is 0 Å². The normalized spacial score (nSPS) is 42.2. The van der Waals surface area contributed by atoms with E-state index in [-0.39, 0.29) is 17.5 Å². The molecule has 5 rings (SSSR count). The number of esters is 1. The maximum Gasteiger partial charge on any atom is 0.306 e. The van der Waals surface area contributed by atoms with E-state index in [0.717, 1.165) is 24.7 Å². The highest BCUT2D eigenvalue weighted by Gasteiger charge is 2.68. The fourth-order valence-electron chi connectivity index (χ4n) is 12.5. The molecular weight excluding hydrogens is 536 g/mol. The van der Waals surface area contributed by atoms with Gasteiger partial charge in [-0.25, -0.2) is 0 Å². The highest BCUT2D eigenvalue weighted by Crippen LogP contribution is 2.75. The Labute approximate surface area is 273 Å². The molecule has 4 saturated carbocycles. The smallest absolute Gasteiger partial charge is 0.306 e. The van der Waals surface area contributed by atoms with Crippen LogP contribution in [0, 0.1) is 50.2 Å². The second kappa shape index (κ2) is 12.7. The van der Waals surface area contributed by atoms with Crippen molar-refractivity contribution in [3.63, 3.8) is 0 Å². The van der Waals surface area contributed by atoms with Crippen LogP contribution in [0.5, 0.6) is 0 Å². The minimum atomic E-state index is 0.0336. The topological polar surface area (TPSA) is 26.3 Å². The standard InChI is InChI=1S/C42H72O2/c1-10-11-12-13-14-15-16-17-18-19-36(43)44-35-23-24-40(7)33(38(35,4)5)22-25-42(9)34(40)21-20-31-32-30-37(2,3)26-27-39(32,6)28-29-41(31,42)8/h20,32-35H,10-19,21-30H2,1-9H3/t32-,33+,34-,35-,39+,40-,41+,42+/m0/s1. The first-order valence-electron chi connectivity index (χ1n) is 19.5. The fourth-order valence-corrected chi connectivity index (χ4v) is 12.5. The molecule has 0 aliphatic heterocycles. The first kappa shape index (κ1) is 34.5. The second-order valence-corrected chi connectivity index (χ2v) is 19.3. The Morgan fingerprint density at radius 2 is 1.39 bits per heavy atom. The van der Waals surface area contributed by atoms with Crippen molar-refractivity contribution in [2.75, 3.05) is 0 Å². The number of unbranched alkanes of at least 4 members (excludes halogenated alkanes) is 8. The van der Waals surface area contributed by atoms with Crippen molar-refractivity contribution in [2.45, 2.75) is 197 Å². The Kier molecular flexibility index (Phi) is 9.95. The summed E-state index contributed by atoms with van der Waals surface area (Å²) in [5.41, 5.74) is 3.88. The molecule has 0 heterocycles. The van der Waals surface area contributed by atoms with Gasteiger partial charge in [0.1, 0.15) is 6.10 Å². The van der Waals surface area contributed by atoms with Gasteiger partial charge in [-0.05, 0) is 115 Å². The Hall–Kier alpha value is -0.790. The zero-order chi connectivity index (χ0) is 32.0. The van der Waals surface area contributed by atoms with E-state index in [1.807, 2.05) is 5.57 Å². The van der Waals surface area contributed by atoms with Gasteiger partial charge in [-0.2, -0.15) is 0 Å². The van der Waals surface area contributed by atoms with Gasteiger partial charge in [-0.1, -0.05) is 125 Å². The molecule has 5 aliphatic carbocycles. The monoisotopic (exact) mass is 609 g/mol. The first-order valence-corrected chi connectivity index (χ1v) is 19.5. The molecule has 2 heteroatoms. The van der Waals surface area contributed by atoms with Gasteiger partial charge in [0.25, 0.3) is 0 Å². The lowest BCUT2D eigenvalue weighted by Crippen LogP contribution is -2.64. The van der Waals surface area contributed by atoms with Crippen LogP contribution < -0.4 is 0 Å². The molecule has 0 N–H and O–H groups in total. The van der Waals surface area contributed by atoms with Crippen molar-refractivity contribution in [1.82, 2.24) is 0 Å². The maximum atomic E-state index is 13.1. The highest BCUT2D eigenvalue weighted by molar-refractivity contribution is 5.69. The molecule has 2 nitrogen and oxygen atoms in total. The van der Waals surface area contributed by atoms with Gasteiger partial charge in [0.05, 0.1) is 0 Å². The van der Waals surface area contributed by atoms with E-state index in [4.69, 9.17) is 4.74 Å². The highest BCUT2D eigenvalue weighted by atomic mass is 16.5. The third kappa shape index (κ3) is 6.02. The summed E-state index contributed by atoms with van der Waals surface area (Å²) < 4.78 is 6.38. The number of carbonyl (C=O) groups is 1. The molecule has 0 amide bonds. The van der Waals surface area contributed by atoms with Crippen LogP contribution in [-0.2, 0) is 9.53 Å². The van der Waals surface area contributed by atoms with E-state index >= 15 is 0 Å². The molecule has 0 spiro atoms. The SMILES string of the molecule is CCCCCCCCCCCC(=O)O[C@H]1CC[C@@]2(C)[C@H](CC[C@]3(C)[C@H]2CC=C2[C@@H]4CC(C)(C)CC[C@]4(C)CC[C@]23C)C1(C)C. The average Bonchev–Trinajstić information content (AvgIpc) is 2.95. The van der Waals surface area contributed by atoms with Gasteiger partial charge in [0.15, 0.2) is 0 Å². The maximum absolute atomic E-state index is 13.1. The molecule has 0 unspecified atom stereocenters. The van der Waals surface area contributed by atoms with Crippen molar-refractivity contribution >= 4 is 5.97 Å². The van der Waals surface area contributed by atoms with Crippen molar-refractivity contribution in [2.24, 2.45) is 50.2 Å². The van der Waals surface area contributed by atoms with Crippen LogP contribution in [0.4, 0.5) is 0 Å². The minimum absolute atomic E-state index is 0.0336. The van der Waals surface area contributed by atoms with Crippen molar-refractivity contribution in [3.8, 4) is 0 Å². The van der Waals surface area contributed by atoms with Gasteiger partial charge in [0, 0.05) is 11.8 Å². The number of ether oxygens (including phenoxy) is 1. The molecule has 0 aromatic heterocycles. The summed E-state index contributed by atoms with van der Waals surface area (Å²) in [4.78, 5) is 13.1. The predicted octanol–water partition coefficient (Wildman–Crippen LogP) is 12.6. The average molecular weight is 609 g/mol. The summed E-state index contributed by atoms with van der Waals surface area (Å²) in [6.07, 6.45) is 28.2. The Bertz CT molecular complexity index is 1050. The number of rotatable bonds is 11. The summed E-state index contributed by atoms with van der Waals surface area (Å²) in [7, 11) is 0. The van der Waals surface area contributed by atoms with Crippen LogP contribution in [0.3, 0.4) is 0 Å². The zero-order valence-corrected chi connectivity index (χ0v) is 30.8. The summed E-state index contributed by atoms with van der Waals surface area (Å²) in [5.74, 6) is 2.18. The van der Waals surface area contributed by atoms with Crippen LogP contribution in [0.2, 0.25) is 0 Å². The molecule has 0 radical (unpaired) electrons. The van der Waals surface area contributed by atoms with Gasteiger partial charge < -0.3 is 4.74 Å². The van der Waals surface area contributed by atoms with Crippen molar-refractivity contribution < 1.29 is 9.53 Å². The number of allylic oxidation sites excluding steroid dienone is 2. The van der Waals surface area contributed by atoms with Crippen molar-refractivity contribution in [1.29, 1.82) is 0 Å². The predicted molar refractivity (Wildman–Crippen MR) is 186 cm³/mol. The molecule has 0 bridgehead atoms. The fraction of sp³-hybridized carbons (Fsp3) is 0.929. The third-order valence-corrected chi connectivity index (χ3v) is 15.8. The van der Waals surface area contributed by atoms with E-state index in [1.165, 1.54) is 109 Å². The molecule has 8 atom stereocenters. The molecule has 0 aromatic carbocycles. The molecule has 4 fully saturated rings. The van der Waals surface area contributed by atoms with Gasteiger partial charge >= 0.3 is 5.97 Å². The zero-order valence-electron chi connectivity index (χ0n) is 30.8. The van der Waals surface area contributed by atoms with E-state index in [0.29, 0.717) is 39.4 Å². The lowest BCUT2D eigenvalue weighted by Gasteiger charge is -2.71. The van der Waals surface area contributed by atoms with Crippen LogP contribution in [-0.4, -0.2) is 12.1 Å². The van der Waals surface area contributed by atoms with Crippen LogP contribution >= 0.6 is 0 Å². The van der Waals surface area contributed by atoms with Gasteiger partial charge in [-0.3, -0.25) is 4.79 Å². The van der Waals surface area contributed by atoms with E-state index in [1.54, 1.807) is 0 Å². The minimum Gasteiger partial charge on any atom is -0.462 e. The number of hydrogen-bond donors (Lipinski definition) is 0. The first-order chi connectivity index (χ1) is 20.6. The summed E-state index contributed by atoms with van der Waals surface area (Å²) in [6.45, 7) is 23.0. The molecule has 5 aliphatic rings. The van der Waals surface area contributed by atoms with Crippen molar-refractivity contribution in [3.05, 3.63) is 11.6 Å². The molecule has 44 heavy (non-hydrogen) atoms. The lowest BCUT2D eigenvalue weighted by atomic mass is 9.33. The molecule has 0 aromatic rings. The molecular formula is C42H72O2. The van der Waals surface area contributed by atoms with Crippen LogP contribution in [0.15, 0.2) is 11.6 Å². The number of hydrogen-bond acceptors (Lipinski definition) is 2. The quantitative estimate of drug-likeness (QED) is 0.132. The van der Waals surface area contributed by atoms with E-state index in [2.05, 4.69) is 68.4 Å². The molecule has 0 saturated heterocycles. The van der Waals surface area contributed by atoms with Crippen LogP contribution in [0.1, 0.15) is 191 Å². The summed E-state index contributed by atoms with van der Waals surface area (Å²) in [6, 6.07) is 0. The number of carbonyl (C=O) groups excluding carboxylic acids is 1. The largest absolute Gasteiger partial charge is 0.462 e. The Morgan fingerprint density at radius 3 is 2.07 bits per heavy atom. The lowest BCUT2D eigenvalue weighted by molar-refractivity contribution is -0.212. The number of fused-ring (bicyclic) bond motifs is 7. The van der Waals surface area contributed by atoms with E-state index < -0.39 is 0 Å². The Balaban J connectivity index is 1.23. The Morgan fingerprint density at radius 1 is 0.750 bits per heavy atom. The van der Waals surface area contributed by atoms with E-state index in [9.17, 15) is 4.79 Å². The molecule has 252 valence electrons. The second-order valence-electron chi connectivity index (χ2n) is 19.3. The van der Waals surface area contributed by atoms with Crippen LogP contribution in [0.25, 0.3) is 0 Å². The van der Waals surface area contributed by atoms with Gasteiger partial charge in [0.2, 0.25) is 0 Å².